The Morgan fingerprint density at radius 2 is 2.10 bits per heavy atom. The number of aromatic nitrogens is 3. The summed E-state index contributed by atoms with van der Waals surface area (Å²) in [5.74, 6) is 0.187. The normalized spacial score (nSPS) is 14.2. The van der Waals surface area contributed by atoms with Gasteiger partial charge in [-0.1, -0.05) is 20.8 Å². The number of nitrogens with zero attached hydrogens (tertiary/aromatic N) is 4. The van der Waals surface area contributed by atoms with E-state index in [9.17, 15) is 13.6 Å². The summed E-state index contributed by atoms with van der Waals surface area (Å²) in [6, 6.07) is 2.07. The van der Waals surface area contributed by atoms with Crippen molar-refractivity contribution in [3.05, 3.63) is 29.1 Å². The molecule has 7 nitrogen and oxygen atoms in total. The molecule has 1 amide bonds. The first kappa shape index (κ1) is 22.1. The summed E-state index contributed by atoms with van der Waals surface area (Å²) in [5, 5.41) is 9.98. The number of alkyl halides is 2. The number of anilines is 2. The minimum absolute atomic E-state index is 0.0339. The lowest BCUT2D eigenvalue weighted by Crippen LogP contribution is -2.31. The van der Waals surface area contributed by atoms with Crippen LogP contribution >= 0.6 is 0 Å². The van der Waals surface area contributed by atoms with Crippen molar-refractivity contribution in [3.8, 4) is 0 Å². The van der Waals surface area contributed by atoms with Gasteiger partial charge in [-0.2, -0.15) is 8.78 Å². The van der Waals surface area contributed by atoms with Gasteiger partial charge in [-0.3, -0.25) is 4.79 Å². The van der Waals surface area contributed by atoms with E-state index in [1.165, 1.54) is 0 Å². The highest BCUT2D eigenvalue weighted by Crippen LogP contribution is 2.30. The third-order valence-electron chi connectivity index (χ3n) is 4.89. The second-order valence-electron chi connectivity index (χ2n) is 8.93. The van der Waals surface area contributed by atoms with E-state index >= 15 is 0 Å². The van der Waals surface area contributed by atoms with Crippen LogP contribution in [-0.4, -0.2) is 34.2 Å². The molecule has 30 heavy (non-hydrogen) atoms. The molecule has 0 fully saturated rings. The first-order valence-corrected chi connectivity index (χ1v) is 10.3. The van der Waals surface area contributed by atoms with Gasteiger partial charge >= 0.3 is 6.43 Å². The number of carbonyl (C=O) groups is 1. The zero-order chi connectivity index (χ0) is 21.9. The first-order valence-electron chi connectivity index (χ1n) is 10.3. The maximum atomic E-state index is 12.6. The average Bonchev–Trinajstić information content (AvgIpc) is 3.10. The number of pyridine rings is 1. The smallest absolute Gasteiger partial charge is 0.314 e. The van der Waals surface area contributed by atoms with Crippen LogP contribution in [0.25, 0.3) is 0 Å². The van der Waals surface area contributed by atoms with Crippen molar-refractivity contribution in [2.75, 3.05) is 23.3 Å². The number of rotatable bonds is 7. The van der Waals surface area contributed by atoms with Gasteiger partial charge in [-0.15, -0.1) is 10.2 Å². The molecule has 3 heterocycles. The molecule has 0 atom stereocenters. The third-order valence-corrected chi connectivity index (χ3v) is 4.89. The number of nitrogens with one attached hydrogen (secondary N) is 1. The molecule has 0 radical (unpaired) electrons. The molecule has 0 saturated carbocycles. The number of aryl methyl sites for hydroxylation is 3. The number of hydrogen-bond acceptors (Lipinski definition) is 6. The molecule has 0 spiro atoms. The Bertz CT molecular complexity index is 892. The van der Waals surface area contributed by atoms with E-state index in [-0.39, 0.29) is 17.2 Å². The fraction of sp³-hybridized carbons (Fsp3) is 0.619. The summed E-state index contributed by atoms with van der Waals surface area (Å²) >= 11 is 0. The zero-order valence-corrected chi connectivity index (χ0v) is 18.0. The SMILES string of the molecule is Cc1cc2c(nc1NC(=O)CC(C)(C)C)CCCN2CCCc1nnc(C(F)F)o1. The Morgan fingerprint density at radius 3 is 2.77 bits per heavy atom. The molecule has 2 aromatic rings. The van der Waals surface area contributed by atoms with Gasteiger partial charge in [0.25, 0.3) is 5.89 Å². The zero-order valence-electron chi connectivity index (χ0n) is 18.0. The van der Waals surface area contributed by atoms with Crippen molar-refractivity contribution in [3.63, 3.8) is 0 Å². The Labute approximate surface area is 175 Å². The predicted molar refractivity (Wildman–Crippen MR) is 110 cm³/mol. The fourth-order valence-electron chi connectivity index (χ4n) is 3.55. The minimum Gasteiger partial charge on any atom is -0.420 e. The fourth-order valence-corrected chi connectivity index (χ4v) is 3.55. The van der Waals surface area contributed by atoms with E-state index in [4.69, 9.17) is 9.40 Å². The van der Waals surface area contributed by atoms with Crippen molar-refractivity contribution in [1.29, 1.82) is 0 Å². The van der Waals surface area contributed by atoms with Gasteiger partial charge in [-0.25, -0.2) is 4.98 Å². The van der Waals surface area contributed by atoms with Gasteiger partial charge in [0.2, 0.25) is 11.8 Å². The molecule has 2 aromatic heterocycles. The Morgan fingerprint density at radius 1 is 1.33 bits per heavy atom. The van der Waals surface area contributed by atoms with E-state index < -0.39 is 12.3 Å². The van der Waals surface area contributed by atoms with Crippen LogP contribution < -0.4 is 10.2 Å². The van der Waals surface area contributed by atoms with Crippen molar-refractivity contribution < 1.29 is 18.0 Å². The first-order chi connectivity index (χ1) is 14.1. The summed E-state index contributed by atoms with van der Waals surface area (Å²) in [4.78, 5) is 19.3. The number of hydrogen-bond donors (Lipinski definition) is 1. The average molecular weight is 421 g/mol. The van der Waals surface area contributed by atoms with Gasteiger partial charge < -0.3 is 14.6 Å². The quantitative estimate of drug-likeness (QED) is 0.710. The molecule has 0 saturated heterocycles. The summed E-state index contributed by atoms with van der Waals surface area (Å²) in [5.41, 5.74) is 2.86. The second kappa shape index (κ2) is 9.06. The number of carbonyl (C=O) groups excluding carboxylic acids is 1. The minimum atomic E-state index is -2.74. The highest BCUT2D eigenvalue weighted by molar-refractivity contribution is 5.91. The van der Waals surface area contributed by atoms with Crippen molar-refractivity contribution >= 4 is 17.4 Å². The van der Waals surface area contributed by atoms with E-state index in [0.717, 1.165) is 42.9 Å². The molecular weight excluding hydrogens is 392 g/mol. The predicted octanol–water partition coefficient (Wildman–Crippen LogP) is 4.47. The largest absolute Gasteiger partial charge is 0.420 e. The monoisotopic (exact) mass is 421 g/mol. The molecule has 0 aromatic carbocycles. The number of fused-ring (bicyclic) bond motifs is 1. The Kier molecular flexibility index (Phi) is 6.67. The molecular formula is C21H29F2N5O2. The highest BCUT2D eigenvalue weighted by Gasteiger charge is 2.22. The highest BCUT2D eigenvalue weighted by atomic mass is 19.3. The summed E-state index contributed by atoms with van der Waals surface area (Å²) in [6.45, 7) is 9.66. The van der Waals surface area contributed by atoms with Crippen LogP contribution in [0.3, 0.4) is 0 Å². The molecule has 0 bridgehead atoms. The molecule has 1 aliphatic rings. The number of amides is 1. The molecule has 1 N–H and O–H groups in total. The summed E-state index contributed by atoms with van der Waals surface area (Å²) in [7, 11) is 0. The van der Waals surface area contributed by atoms with E-state index in [0.29, 0.717) is 25.1 Å². The van der Waals surface area contributed by atoms with Crippen LogP contribution in [0.15, 0.2) is 10.5 Å². The Balaban J connectivity index is 1.63. The molecule has 3 rings (SSSR count). The molecule has 1 aliphatic heterocycles. The van der Waals surface area contributed by atoms with Crippen LogP contribution in [0.5, 0.6) is 0 Å². The van der Waals surface area contributed by atoms with Crippen LogP contribution in [-0.2, 0) is 17.6 Å². The van der Waals surface area contributed by atoms with Crippen LogP contribution in [0.4, 0.5) is 20.3 Å². The van der Waals surface area contributed by atoms with Crippen molar-refractivity contribution in [2.45, 2.75) is 66.2 Å². The molecule has 164 valence electrons. The summed E-state index contributed by atoms with van der Waals surface area (Å²) in [6.07, 6.45) is 0.656. The maximum absolute atomic E-state index is 12.6. The molecule has 9 heteroatoms. The van der Waals surface area contributed by atoms with E-state index in [1.54, 1.807) is 0 Å². The van der Waals surface area contributed by atoms with Gasteiger partial charge in [-0.05, 0) is 43.2 Å². The van der Waals surface area contributed by atoms with Gasteiger partial charge in [0, 0.05) is 25.9 Å². The van der Waals surface area contributed by atoms with Crippen LogP contribution in [0.1, 0.15) is 69.5 Å². The lowest BCUT2D eigenvalue weighted by atomic mass is 9.92. The van der Waals surface area contributed by atoms with Crippen LogP contribution in [0.2, 0.25) is 0 Å². The molecule has 0 unspecified atom stereocenters. The molecule has 0 aliphatic carbocycles. The van der Waals surface area contributed by atoms with E-state index in [1.807, 2.05) is 27.7 Å². The standard InChI is InChI=1S/C21H29F2N5O2/c1-13-11-15-14(24-19(13)25-16(29)12-21(2,3)4)7-5-9-28(15)10-6-8-17-26-27-20(30-17)18(22)23/h11,18H,5-10,12H2,1-4H3,(H,24,25,29). The van der Waals surface area contributed by atoms with E-state index in [2.05, 4.69) is 26.5 Å². The van der Waals surface area contributed by atoms with Crippen molar-refractivity contribution in [2.24, 2.45) is 5.41 Å². The maximum Gasteiger partial charge on any atom is 0.314 e. The Hall–Kier alpha value is -2.58. The topological polar surface area (TPSA) is 84.2 Å². The lowest BCUT2D eigenvalue weighted by molar-refractivity contribution is -0.117. The number of halogens is 2. The second-order valence-corrected chi connectivity index (χ2v) is 8.93. The lowest BCUT2D eigenvalue weighted by Gasteiger charge is -2.31. The third kappa shape index (κ3) is 5.73. The van der Waals surface area contributed by atoms with Gasteiger partial charge in [0.15, 0.2) is 0 Å². The van der Waals surface area contributed by atoms with Gasteiger partial charge in [0.05, 0.1) is 11.4 Å². The van der Waals surface area contributed by atoms with Gasteiger partial charge in [0.1, 0.15) is 5.82 Å². The van der Waals surface area contributed by atoms with Crippen LogP contribution in [0, 0.1) is 12.3 Å². The van der Waals surface area contributed by atoms with Crippen molar-refractivity contribution in [1.82, 2.24) is 15.2 Å². The summed E-state index contributed by atoms with van der Waals surface area (Å²) < 4.78 is 30.1.